The van der Waals surface area contributed by atoms with Crippen LogP contribution in [-0.4, -0.2) is 81.3 Å². The number of amides is 4. The van der Waals surface area contributed by atoms with E-state index in [1.54, 1.807) is 31.0 Å². The summed E-state index contributed by atoms with van der Waals surface area (Å²) in [5, 5.41) is 0. The average Bonchev–Trinajstić information content (AvgIpc) is 3.05. The third-order valence-electron chi connectivity index (χ3n) is 4.37. The van der Waals surface area contributed by atoms with Gasteiger partial charge in [-0.3, -0.25) is 14.5 Å². The van der Waals surface area contributed by atoms with Crippen LogP contribution >= 0.6 is 0 Å². The second-order valence-electron chi connectivity index (χ2n) is 6.04. The Kier molecular flexibility index (Phi) is 4.82. The summed E-state index contributed by atoms with van der Waals surface area (Å²) >= 11 is 0. The largest absolute Gasteiger partial charge is 0.472 e. The quantitative estimate of drug-likeness (QED) is 0.717. The number of aromatic nitrogens is 2. The topological polar surface area (TPSA) is 95.9 Å². The Balaban J connectivity index is 1.59. The number of rotatable bonds is 3. The van der Waals surface area contributed by atoms with Gasteiger partial charge in [-0.25, -0.2) is 9.78 Å². The van der Waals surface area contributed by atoms with Crippen LogP contribution in [-0.2, 0) is 9.59 Å². The lowest BCUT2D eigenvalue weighted by molar-refractivity contribution is -0.153. The van der Waals surface area contributed by atoms with Crippen molar-refractivity contribution in [2.75, 3.05) is 32.7 Å². The third kappa shape index (κ3) is 3.54. The minimum absolute atomic E-state index is 0.194. The van der Waals surface area contributed by atoms with Gasteiger partial charge in [0, 0.05) is 44.9 Å². The Morgan fingerprint density at radius 2 is 2.08 bits per heavy atom. The number of hydrogen-bond acceptors (Lipinski definition) is 6. The van der Waals surface area contributed by atoms with Gasteiger partial charge in [0.2, 0.25) is 5.88 Å². The SMILES string of the molecule is CCN1CCN(C(=O)N2CC[C@H](Oc3ccnc(C)n3)C2)C(=O)C1=O. The van der Waals surface area contributed by atoms with Gasteiger partial charge in [-0.1, -0.05) is 0 Å². The number of urea groups is 1. The minimum Gasteiger partial charge on any atom is -0.472 e. The first-order chi connectivity index (χ1) is 12.0. The van der Waals surface area contributed by atoms with E-state index in [1.165, 1.54) is 4.90 Å². The van der Waals surface area contributed by atoms with E-state index in [2.05, 4.69) is 9.97 Å². The van der Waals surface area contributed by atoms with Crippen LogP contribution in [0, 0.1) is 6.92 Å². The van der Waals surface area contributed by atoms with Crippen molar-refractivity contribution < 1.29 is 19.1 Å². The summed E-state index contributed by atoms with van der Waals surface area (Å²) in [6.07, 6.45) is 2.07. The number of imide groups is 1. The Bertz CT molecular complexity index is 695. The Labute approximate surface area is 145 Å². The van der Waals surface area contributed by atoms with E-state index in [0.29, 0.717) is 44.3 Å². The van der Waals surface area contributed by atoms with Gasteiger partial charge >= 0.3 is 17.8 Å². The standard InChI is InChI=1S/C16H21N5O4/c1-3-19-8-9-21(15(23)14(19)22)16(24)20-7-5-12(10-20)25-13-4-6-17-11(2)18-13/h4,6,12H,3,5,7-10H2,1-2H3/t12-/m0/s1. The molecule has 1 atom stereocenters. The Morgan fingerprint density at radius 1 is 1.28 bits per heavy atom. The first-order valence-electron chi connectivity index (χ1n) is 8.35. The lowest BCUT2D eigenvalue weighted by atomic mass is 10.3. The molecule has 1 aromatic rings. The molecule has 0 N–H and O–H groups in total. The molecule has 2 fully saturated rings. The van der Waals surface area contributed by atoms with Crippen molar-refractivity contribution in [1.29, 1.82) is 0 Å². The Morgan fingerprint density at radius 3 is 2.80 bits per heavy atom. The zero-order valence-corrected chi connectivity index (χ0v) is 14.3. The number of piperazine rings is 1. The molecule has 0 aliphatic carbocycles. The van der Waals surface area contributed by atoms with E-state index in [-0.39, 0.29) is 12.6 Å². The highest BCUT2D eigenvalue weighted by Gasteiger charge is 2.39. The van der Waals surface area contributed by atoms with Gasteiger partial charge in [0.15, 0.2) is 0 Å². The number of carbonyl (C=O) groups excluding carboxylic acids is 3. The van der Waals surface area contributed by atoms with Gasteiger partial charge in [0.05, 0.1) is 6.54 Å². The number of nitrogens with zero attached hydrogens (tertiary/aromatic N) is 5. The molecule has 0 radical (unpaired) electrons. The summed E-state index contributed by atoms with van der Waals surface area (Å²) in [5.41, 5.74) is 0. The van der Waals surface area contributed by atoms with Crippen molar-refractivity contribution >= 4 is 17.8 Å². The molecule has 3 heterocycles. The average molecular weight is 347 g/mol. The first kappa shape index (κ1) is 17.1. The molecule has 0 bridgehead atoms. The summed E-state index contributed by atoms with van der Waals surface area (Å²) in [6.45, 7) is 5.48. The van der Waals surface area contributed by atoms with Gasteiger partial charge < -0.3 is 14.5 Å². The normalized spacial score (nSPS) is 21.0. The minimum atomic E-state index is -0.756. The number of likely N-dealkylation sites (tertiary alicyclic amines) is 1. The monoisotopic (exact) mass is 347 g/mol. The van der Waals surface area contributed by atoms with Crippen molar-refractivity contribution in [3.05, 3.63) is 18.1 Å². The maximum Gasteiger partial charge on any atom is 0.327 e. The van der Waals surface area contributed by atoms with E-state index >= 15 is 0 Å². The van der Waals surface area contributed by atoms with Crippen molar-refractivity contribution in [2.45, 2.75) is 26.4 Å². The van der Waals surface area contributed by atoms with Gasteiger partial charge in [0.25, 0.3) is 0 Å². The summed E-state index contributed by atoms with van der Waals surface area (Å²) in [4.78, 5) is 48.9. The van der Waals surface area contributed by atoms with Crippen LogP contribution in [0.2, 0.25) is 0 Å². The molecule has 2 aliphatic rings. The lowest BCUT2D eigenvalue weighted by Crippen LogP contribution is -2.58. The van der Waals surface area contributed by atoms with Crippen LogP contribution in [0.4, 0.5) is 4.79 Å². The lowest BCUT2D eigenvalue weighted by Gasteiger charge is -2.33. The van der Waals surface area contributed by atoms with Crippen LogP contribution in [0.5, 0.6) is 5.88 Å². The molecule has 9 heteroatoms. The molecule has 25 heavy (non-hydrogen) atoms. The zero-order valence-electron chi connectivity index (χ0n) is 14.3. The highest BCUT2D eigenvalue weighted by molar-refractivity contribution is 6.38. The number of aryl methyl sites for hydroxylation is 1. The van der Waals surface area contributed by atoms with E-state index in [4.69, 9.17) is 4.74 Å². The predicted molar refractivity (Wildman–Crippen MR) is 86.7 cm³/mol. The number of carbonyl (C=O) groups is 3. The number of likely N-dealkylation sites (N-methyl/N-ethyl adjacent to an activating group) is 1. The second kappa shape index (κ2) is 7.04. The zero-order chi connectivity index (χ0) is 18.0. The molecule has 3 rings (SSSR count). The van der Waals surface area contributed by atoms with E-state index in [0.717, 1.165) is 4.90 Å². The van der Waals surface area contributed by atoms with Crippen molar-refractivity contribution in [3.8, 4) is 5.88 Å². The fourth-order valence-corrected chi connectivity index (χ4v) is 3.00. The van der Waals surface area contributed by atoms with Gasteiger partial charge in [-0.2, -0.15) is 4.98 Å². The highest BCUT2D eigenvalue weighted by atomic mass is 16.5. The van der Waals surface area contributed by atoms with E-state index in [9.17, 15) is 14.4 Å². The summed E-state index contributed by atoms with van der Waals surface area (Å²) < 4.78 is 5.78. The summed E-state index contributed by atoms with van der Waals surface area (Å²) in [7, 11) is 0. The van der Waals surface area contributed by atoms with Crippen LogP contribution in [0.1, 0.15) is 19.2 Å². The Hall–Kier alpha value is -2.71. The van der Waals surface area contributed by atoms with Crippen LogP contribution < -0.4 is 4.74 Å². The molecule has 4 amide bonds. The van der Waals surface area contributed by atoms with Crippen LogP contribution in [0.15, 0.2) is 12.3 Å². The van der Waals surface area contributed by atoms with E-state index in [1.807, 2.05) is 0 Å². The molecule has 0 aromatic carbocycles. The summed E-state index contributed by atoms with van der Waals surface area (Å²) in [5.74, 6) is -0.296. The summed E-state index contributed by atoms with van der Waals surface area (Å²) in [6, 6.07) is 1.24. The molecule has 0 unspecified atom stereocenters. The van der Waals surface area contributed by atoms with Crippen molar-refractivity contribution in [1.82, 2.24) is 24.7 Å². The van der Waals surface area contributed by atoms with Gasteiger partial charge in [-0.05, 0) is 13.8 Å². The number of ether oxygens (including phenoxy) is 1. The maximum atomic E-state index is 12.6. The van der Waals surface area contributed by atoms with Gasteiger partial charge in [0.1, 0.15) is 11.9 Å². The maximum absolute atomic E-state index is 12.6. The molecule has 0 spiro atoms. The first-order valence-corrected chi connectivity index (χ1v) is 8.35. The smallest absolute Gasteiger partial charge is 0.327 e. The number of hydrogen-bond donors (Lipinski definition) is 0. The highest BCUT2D eigenvalue weighted by Crippen LogP contribution is 2.18. The molecule has 1 aromatic heterocycles. The van der Waals surface area contributed by atoms with Crippen LogP contribution in [0.25, 0.3) is 0 Å². The fourth-order valence-electron chi connectivity index (χ4n) is 3.00. The molecule has 2 saturated heterocycles. The molecular formula is C16H21N5O4. The molecular weight excluding hydrogens is 326 g/mol. The molecule has 9 nitrogen and oxygen atoms in total. The molecule has 134 valence electrons. The third-order valence-corrected chi connectivity index (χ3v) is 4.37. The van der Waals surface area contributed by atoms with Crippen LogP contribution in [0.3, 0.4) is 0 Å². The van der Waals surface area contributed by atoms with Crippen molar-refractivity contribution in [3.63, 3.8) is 0 Å². The van der Waals surface area contributed by atoms with Gasteiger partial charge in [-0.15, -0.1) is 0 Å². The predicted octanol–water partition coefficient (Wildman–Crippen LogP) is 0.0488. The molecule has 0 saturated carbocycles. The molecule has 2 aliphatic heterocycles. The van der Waals surface area contributed by atoms with E-state index < -0.39 is 17.8 Å². The fraction of sp³-hybridized carbons (Fsp3) is 0.562. The van der Waals surface area contributed by atoms with Crippen molar-refractivity contribution in [2.24, 2.45) is 0 Å². The second-order valence-corrected chi connectivity index (χ2v) is 6.04.